The second kappa shape index (κ2) is 7.25. The van der Waals surface area contributed by atoms with Gasteiger partial charge in [0.15, 0.2) is 0 Å². The van der Waals surface area contributed by atoms with Crippen molar-refractivity contribution in [2.24, 2.45) is 11.7 Å². The molecule has 1 unspecified atom stereocenters. The summed E-state index contributed by atoms with van der Waals surface area (Å²) in [7, 11) is 0. The van der Waals surface area contributed by atoms with Gasteiger partial charge < -0.3 is 10.3 Å². The minimum atomic E-state index is 0.397. The lowest BCUT2D eigenvalue weighted by Gasteiger charge is -2.20. The van der Waals surface area contributed by atoms with Crippen LogP contribution in [0.4, 0.5) is 0 Å². The van der Waals surface area contributed by atoms with Gasteiger partial charge in [0.05, 0.1) is 6.33 Å². The lowest BCUT2D eigenvalue weighted by Crippen LogP contribution is -2.21. The summed E-state index contributed by atoms with van der Waals surface area (Å²) in [5.74, 6) is 0.943. The van der Waals surface area contributed by atoms with E-state index in [1.54, 1.807) is 0 Å². The molecule has 3 heteroatoms. The van der Waals surface area contributed by atoms with Gasteiger partial charge in [-0.2, -0.15) is 0 Å². The minimum Gasteiger partial charge on any atom is -0.334 e. The number of hydrogen-bond acceptors (Lipinski definition) is 2. The number of nitrogens with two attached hydrogens (primary N) is 1. The second-order valence-corrected chi connectivity index (χ2v) is 5.69. The quantitative estimate of drug-likeness (QED) is 0.840. The summed E-state index contributed by atoms with van der Waals surface area (Å²) in [4.78, 5) is 4.31. The van der Waals surface area contributed by atoms with Crippen LogP contribution in [0.1, 0.15) is 37.4 Å². The van der Waals surface area contributed by atoms with E-state index in [9.17, 15) is 0 Å². The average molecular weight is 271 g/mol. The molecule has 0 bridgehead atoms. The number of aromatic nitrogens is 2. The van der Waals surface area contributed by atoms with Crippen LogP contribution in [-0.2, 0) is 13.0 Å². The smallest absolute Gasteiger partial charge is 0.0948 e. The highest BCUT2D eigenvalue weighted by atomic mass is 15.0. The van der Waals surface area contributed by atoms with Crippen molar-refractivity contribution in [1.82, 2.24) is 9.55 Å². The molecule has 2 aromatic rings. The summed E-state index contributed by atoms with van der Waals surface area (Å²) >= 11 is 0. The van der Waals surface area contributed by atoms with E-state index in [1.807, 2.05) is 12.5 Å². The van der Waals surface area contributed by atoms with Crippen molar-refractivity contribution in [1.29, 1.82) is 0 Å². The molecule has 0 fully saturated rings. The minimum absolute atomic E-state index is 0.397. The Morgan fingerprint density at radius 3 is 2.60 bits per heavy atom. The van der Waals surface area contributed by atoms with E-state index in [0.717, 1.165) is 19.4 Å². The van der Waals surface area contributed by atoms with Gasteiger partial charge in [-0.3, -0.25) is 0 Å². The van der Waals surface area contributed by atoms with Crippen molar-refractivity contribution < 1.29 is 0 Å². The molecule has 0 saturated heterocycles. The number of benzene rings is 1. The van der Waals surface area contributed by atoms with Gasteiger partial charge in [-0.05, 0) is 24.3 Å². The first kappa shape index (κ1) is 14.8. The third-order valence-electron chi connectivity index (χ3n) is 3.89. The third kappa shape index (κ3) is 3.70. The van der Waals surface area contributed by atoms with Gasteiger partial charge in [0, 0.05) is 30.9 Å². The molecule has 0 saturated carbocycles. The standard InChI is InChI=1S/C17H25N3/c1-14(2)16(11-18)17-12-19-13-20(17)10-6-9-15-7-4-3-5-8-15/h3-5,7-8,12-14,16H,6,9-11,18H2,1-2H3. The molecular formula is C17H25N3. The zero-order valence-corrected chi connectivity index (χ0v) is 12.5. The predicted octanol–water partition coefficient (Wildman–Crippen LogP) is 3.21. The van der Waals surface area contributed by atoms with Gasteiger partial charge >= 0.3 is 0 Å². The first-order chi connectivity index (χ1) is 9.72. The Bertz CT molecular complexity index is 502. The highest BCUT2D eigenvalue weighted by molar-refractivity contribution is 5.14. The Morgan fingerprint density at radius 2 is 1.95 bits per heavy atom. The van der Waals surface area contributed by atoms with Gasteiger partial charge in [0.2, 0.25) is 0 Å². The normalized spacial score (nSPS) is 12.8. The molecule has 108 valence electrons. The maximum absolute atomic E-state index is 5.91. The van der Waals surface area contributed by atoms with E-state index in [0.29, 0.717) is 18.4 Å². The second-order valence-electron chi connectivity index (χ2n) is 5.69. The van der Waals surface area contributed by atoms with Gasteiger partial charge in [-0.15, -0.1) is 0 Å². The first-order valence-electron chi connectivity index (χ1n) is 7.46. The maximum atomic E-state index is 5.91. The molecule has 20 heavy (non-hydrogen) atoms. The largest absolute Gasteiger partial charge is 0.334 e. The molecule has 1 aromatic carbocycles. The topological polar surface area (TPSA) is 43.8 Å². The van der Waals surface area contributed by atoms with Crippen LogP contribution in [0.25, 0.3) is 0 Å². The molecule has 3 nitrogen and oxygen atoms in total. The molecule has 1 aromatic heterocycles. The van der Waals surface area contributed by atoms with Crippen molar-refractivity contribution in [3.8, 4) is 0 Å². The number of nitrogens with zero attached hydrogens (tertiary/aromatic N) is 2. The van der Waals surface area contributed by atoms with E-state index in [2.05, 4.69) is 53.7 Å². The van der Waals surface area contributed by atoms with Crippen molar-refractivity contribution in [3.05, 3.63) is 54.1 Å². The monoisotopic (exact) mass is 271 g/mol. The Morgan fingerprint density at radius 1 is 1.20 bits per heavy atom. The van der Waals surface area contributed by atoms with Crippen molar-refractivity contribution >= 4 is 0 Å². The van der Waals surface area contributed by atoms with Crippen LogP contribution in [0, 0.1) is 5.92 Å². The van der Waals surface area contributed by atoms with Crippen LogP contribution in [0.2, 0.25) is 0 Å². The van der Waals surface area contributed by atoms with Gasteiger partial charge in [0.25, 0.3) is 0 Å². The zero-order chi connectivity index (χ0) is 14.4. The fraction of sp³-hybridized carbons (Fsp3) is 0.471. The van der Waals surface area contributed by atoms with E-state index in [4.69, 9.17) is 5.73 Å². The third-order valence-corrected chi connectivity index (χ3v) is 3.89. The van der Waals surface area contributed by atoms with Crippen LogP contribution in [0.5, 0.6) is 0 Å². The highest BCUT2D eigenvalue weighted by Gasteiger charge is 2.17. The predicted molar refractivity (Wildman–Crippen MR) is 83.6 cm³/mol. The SMILES string of the molecule is CC(C)C(CN)c1cncn1CCCc1ccccc1. The molecule has 0 amide bonds. The maximum Gasteiger partial charge on any atom is 0.0948 e. The van der Waals surface area contributed by atoms with Gasteiger partial charge in [0.1, 0.15) is 0 Å². The summed E-state index contributed by atoms with van der Waals surface area (Å²) in [6.45, 7) is 6.13. The molecular weight excluding hydrogens is 246 g/mol. The average Bonchev–Trinajstić information content (AvgIpc) is 2.89. The van der Waals surface area contributed by atoms with E-state index in [1.165, 1.54) is 11.3 Å². The number of hydrogen-bond donors (Lipinski definition) is 1. The van der Waals surface area contributed by atoms with Crippen LogP contribution in [0.3, 0.4) is 0 Å². The van der Waals surface area contributed by atoms with E-state index < -0.39 is 0 Å². The molecule has 0 aliphatic carbocycles. The van der Waals surface area contributed by atoms with E-state index >= 15 is 0 Å². The first-order valence-corrected chi connectivity index (χ1v) is 7.46. The lowest BCUT2D eigenvalue weighted by molar-refractivity contribution is 0.468. The van der Waals surface area contributed by atoms with Crippen LogP contribution in [0.15, 0.2) is 42.9 Å². The Balaban J connectivity index is 1.95. The van der Waals surface area contributed by atoms with Crippen LogP contribution in [-0.4, -0.2) is 16.1 Å². The Kier molecular flexibility index (Phi) is 5.36. The number of imidazole rings is 1. The Labute approximate surface area is 121 Å². The number of rotatable bonds is 7. The van der Waals surface area contributed by atoms with Gasteiger partial charge in [-0.1, -0.05) is 44.2 Å². The van der Waals surface area contributed by atoms with Crippen molar-refractivity contribution in [2.45, 2.75) is 39.2 Å². The van der Waals surface area contributed by atoms with Crippen molar-refractivity contribution in [3.63, 3.8) is 0 Å². The fourth-order valence-corrected chi connectivity index (χ4v) is 2.66. The summed E-state index contributed by atoms with van der Waals surface area (Å²) in [5.41, 5.74) is 8.58. The fourth-order valence-electron chi connectivity index (χ4n) is 2.66. The van der Waals surface area contributed by atoms with Crippen LogP contribution >= 0.6 is 0 Å². The molecule has 0 aliphatic heterocycles. The Hall–Kier alpha value is -1.61. The number of aryl methyl sites for hydroxylation is 2. The molecule has 1 heterocycles. The summed E-state index contributed by atoms with van der Waals surface area (Å²) in [6.07, 6.45) is 6.14. The molecule has 2 N–H and O–H groups in total. The molecule has 0 spiro atoms. The molecule has 0 radical (unpaired) electrons. The summed E-state index contributed by atoms with van der Waals surface area (Å²) in [6, 6.07) is 10.6. The van der Waals surface area contributed by atoms with E-state index in [-0.39, 0.29) is 0 Å². The highest BCUT2D eigenvalue weighted by Crippen LogP contribution is 2.23. The molecule has 2 rings (SSSR count). The van der Waals surface area contributed by atoms with Gasteiger partial charge in [-0.25, -0.2) is 4.98 Å². The summed E-state index contributed by atoms with van der Waals surface area (Å²) < 4.78 is 2.26. The van der Waals surface area contributed by atoms with Crippen molar-refractivity contribution in [2.75, 3.05) is 6.54 Å². The summed E-state index contributed by atoms with van der Waals surface area (Å²) in [5, 5.41) is 0. The van der Waals surface area contributed by atoms with Crippen LogP contribution < -0.4 is 5.73 Å². The molecule has 0 aliphatic rings. The molecule has 1 atom stereocenters. The zero-order valence-electron chi connectivity index (χ0n) is 12.5. The lowest BCUT2D eigenvalue weighted by atomic mass is 9.93.